The fourth-order valence-electron chi connectivity index (χ4n) is 2.04. The maximum absolute atomic E-state index is 9.78. The first-order valence-corrected chi connectivity index (χ1v) is 6.94. The highest BCUT2D eigenvalue weighted by atomic mass is 32.1. The largest absolute Gasteiger partial charge is 0.507 e. The Balaban J connectivity index is 1.83. The van der Waals surface area contributed by atoms with E-state index in [9.17, 15) is 5.11 Å². The third-order valence-corrected chi connectivity index (χ3v) is 4.13. The van der Waals surface area contributed by atoms with Gasteiger partial charge in [-0.05, 0) is 36.8 Å². The molecule has 19 heavy (non-hydrogen) atoms. The summed E-state index contributed by atoms with van der Waals surface area (Å²) < 4.78 is 6.91. The molecule has 0 amide bonds. The predicted molar refractivity (Wildman–Crippen MR) is 79.0 cm³/mol. The zero-order chi connectivity index (χ0) is 13.2. The summed E-state index contributed by atoms with van der Waals surface area (Å²) >= 11 is 1.65. The number of phenolic OH excluding ortho intramolecular Hbond substituents is 1. The maximum Gasteiger partial charge on any atom is 0.124 e. The minimum absolute atomic E-state index is 0.330. The fraction of sp³-hybridized carbons (Fsp3) is 0.125. The van der Waals surface area contributed by atoms with Crippen molar-refractivity contribution in [3.05, 3.63) is 59.0 Å². The van der Waals surface area contributed by atoms with Gasteiger partial charge >= 0.3 is 0 Å². The fourth-order valence-corrected chi connectivity index (χ4v) is 3.03. The Morgan fingerprint density at radius 3 is 2.74 bits per heavy atom. The highest BCUT2D eigenvalue weighted by Crippen LogP contribution is 2.32. The van der Waals surface area contributed by atoms with Crippen LogP contribution < -0.4 is 4.74 Å². The summed E-state index contributed by atoms with van der Waals surface area (Å²) in [6.45, 7) is 2.57. The minimum atomic E-state index is 0.330. The Labute approximate surface area is 115 Å². The Morgan fingerprint density at radius 2 is 1.95 bits per heavy atom. The van der Waals surface area contributed by atoms with Gasteiger partial charge in [-0.3, -0.25) is 0 Å². The lowest BCUT2D eigenvalue weighted by Crippen LogP contribution is -1.94. The molecule has 3 heteroatoms. The van der Waals surface area contributed by atoms with E-state index in [0.717, 1.165) is 26.3 Å². The molecule has 0 bridgehead atoms. The van der Waals surface area contributed by atoms with Gasteiger partial charge in [0.05, 0.1) is 0 Å². The van der Waals surface area contributed by atoms with Gasteiger partial charge in [-0.25, -0.2) is 0 Å². The van der Waals surface area contributed by atoms with Crippen LogP contribution in [0.4, 0.5) is 0 Å². The van der Waals surface area contributed by atoms with E-state index >= 15 is 0 Å². The third kappa shape index (κ3) is 2.42. The van der Waals surface area contributed by atoms with Crippen LogP contribution in [0.25, 0.3) is 10.1 Å². The monoisotopic (exact) mass is 270 g/mol. The molecule has 1 heterocycles. The molecular weight excluding hydrogens is 256 g/mol. The summed E-state index contributed by atoms with van der Waals surface area (Å²) in [5.74, 6) is 1.24. The number of thiophene rings is 1. The molecule has 0 spiro atoms. The first-order chi connectivity index (χ1) is 9.24. The summed E-state index contributed by atoms with van der Waals surface area (Å²) in [6, 6.07) is 15.6. The molecule has 0 aliphatic rings. The molecule has 0 aliphatic carbocycles. The van der Waals surface area contributed by atoms with E-state index < -0.39 is 0 Å². The van der Waals surface area contributed by atoms with Gasteiger partial charge in [0.15, 0.2) is 0 Å². The number of benzene rings is 2. The summed E-state index contributed by atoms with van der Waals surface area (Å²) in [4.78, 5) is 1.11. The maximum atomic E-state index is 9.78. The van der Waals surface area contributed by atoms with E-state index in [-0.39, 0.29) is 0 Å². The molecule has 0 fully saturated rings. The molecule has 0 atom stereocenters. The van der Waals surface area contributed by atoms with Gasteiger partial charge in [-0.2, -0.15) is 0 Å². The van der Waals surface area contributed by atoms with Crippen molar-refractivity contribution in [3.8, 4) is 11.5 Å². The molecule has 0 saturated heterocycles. The van der Waals surface area contributed by atoms with Crippen molar-refractivity contribution in [1.82, 2.24) is 0 Å². The van der Waals surface area contributed by atoms with E-state index in [4.69, 9.17) is 4.74 Å². The molecular formula is C16H14O2S. The van der Waals surface area contributed by atoms with Gasteiger partial charge < -0.3 is 9.84 Å². The molecule has 3 rings (SSSR count). The second-order valence-electron chi connectivity index (χ2n) is 4.46. The van der Waals surface area contributed by atoms with Crippen molar-refractivity contribution in [3.63, 3.8) is 0 Å². The second kappa shape index (κ2) is 4.94. The number of hydrogen-bond donors (Lipinski definition) is 1. The van der Waals surface area contributed by atoms with Crippen molar-refractivity contribution < 1.29 is 9.84 Å². The Morgan fingerprint density at radius 1 is 1.11 bits per heavy atom. The van der Waals surface area contributed by atoms with Crippen LogP contribution in [0.15, 0.2) is 48.5 Å². The second-order valence-corrected chi connectivity index (χ2v) is 5.62. The van der Waals surface area contributed by atoms with E-state index in [2.05, 4.69) is 0 Å². The highest BCUT2D eigenvalue weighted by molar-refractivity contribution is 7.19. The van der Waals surface area contributed by atoms with Gasteiger partial charge in [0.2, 0.25) is 0 Å². The minimum Gasteiger partial charge on any atom is -0.507 e. The standard InChI is InChI=1S/C16H14O2S/c1-11-5-2-3-7-15(11)18-10-12-9-13-14(17)6-4-8-16(13)19-12/h2-9,17H,10H2,1H3. The lowest BCUT2D eigenvalue weighted by atomic mass is 10.2. The van der Waals surface area contributed by atoms with Crippen molar-refractivity contribution in [2.45, 2.75) is 13.5 Å². The Kier molecular flexibility index (Phi) is 3.13. The topological polar surface area (TPSA) is 29.5 Å². The SMILES string of the molecule is Cc1ccccc1OCc1cc2c(O)cccc2s1. The average molecular weight is 270 g/mol. The molecule has 1 aromatic heterocycles. The average Bonchev–Trinajstić information content (AvgIpc) is 2.82. The van der Waals surface area contributed by atoms with Crippen LogP contribution in [0, 0.1) is 6.92 Å². The lowest BCUT2D eigenvalue weighted by Gasteiger charge is -2.06. The van der Waals surface area contributed by atoms with Crippen molar-refractivity contribution >= 4 is 21.4 Å². The van der Waals surface area contributed by atoms with Crippen LogP contribution in [-0.4, -0.2) is 5.11 Å². The third-order valence-electron chi connectivity index (χ3n) is 3.05. The van der Waals surface area contributed by atoms with Crippen LogP contribution in [0.3, 0.4) is 0 Å². The molecule has 1 N–H and O–H groups in total. The molecule has 0 unspecified atom stereocenters. The van der Waals surface area contributed by atoms with Gasteiger partial charge in [0, 0.05) is 15.0 Å². The summed E-state index contributed by atoms with van der Waals surface area (Å²) in [5.41, 5.74) is 1.13. The van der Waals surface area contributed by atoms with Crippen molar-refractivity contribution in [1.29, 1.82) is 0 Å². The molecule has 3 aromatic rings. The number of rotatable bonds is 3. The summed E-state index contributed by atoms with van der Waals surface area (Å²) in [6.07, 6.45) is 0. The number of phenols is 1. The molecule has 2 aromatic carbocycles. The van der Waals surface area contributed by atoms with Gasteiger partial charge in [0.25, 0.3) is 0 Å². The van der Waals surface area contributed by atoms with Crippen molar-refractivity contribution in [2.75, 3.05) is 0 Å². The van der Waals surface area contributed by atoms with E-state index in [1.807, 2.05) is 49.4 Å². The zero-order valence-corrected chi connectivity index (χ0v) is 11.4. The van der Waals surface area contributed by atoms with Gasteiger partial charge in [-0.1, -0.05) is 24.3 Å². The van der Waals surface area contributed by atoms with Crippen LogP contribution in [0.1, 0.15) is 10.4 Å². The summed E-state index contributed by atoms with van der Waals surface area (Å²) in [5, 5.41) is 10.7. The van der Waals surface area contributed by atoms with Crippen molar-refractivity contribution in [2.24, 2.45) is 0 Å². The van der Waals surface area contributed by atoms with Crippen LogP contribution >= 0.6 is 11.3 Å². The molecule has 2 nitrogen and oxygen atoms in total. The Hall–Kier alpha value is -2.00. The van der Waals surface area contributed by atoms with E-state index in [1.165, 1.54) is 0 Å². The highest BCUT2D eigenvalue weighted by Gasteiger charge is 2.06. The smallest absolute Gasteiger partial charge is 0.124 e. The molecule has 0 saturated carbocycles. The number of aromatic hydroxyl groups is 1. The van der Waals surface area contributed by atoms with Gasteiger partial charge in [0.1, 0.15) is 18.1 Å². The summed E-state index contributed by atoms with van der Waals surface area (Å²) in [7, 11) is 0. The van der Waals surface area contributed by atoms with E-state index in [0.29, 0.717) is 12.4 Å². The normalized spacial score (nSPS) is 10.8. The first-order valence-electron chi connectivity index (χ1n) is 6.13. The number of hydrogen-bond acceptors (Lipinski definition) is 3. The quantitative estimate of drug-likeness (QED) is 0.759. The Bertz CT molecular complexity index is 716. The molecule has 0 aliphatic heterocycles. The van der Waals surface area contributed by atoms with Crippen LogP contribution in [-0.2, 0) is 6.61 Å². The number of para-hydroxylation sites is 1. The number of aryl methyl sites for hydroxylation is 1. The molecule has 0 radical (unpaired) electrons. The lowest BCUT2D eigenvalue weighted by molar-refractivity contribution is 0.308. The van der Waals surface area contributed by atoms with Gasteiger partial charge in [-0.15, -0.1) is 11.3 Å². The predicted octanol–water partition coefficient (Wildman–Crippen LogP) is 4.49. The number of fused-ring (bicyclic) bond motifs is 1. The first kappa shape index (κ1) is 12.1. The zero-order valence-electron chi connectivity index (χ0n) is 10.6. The van der Waals surface area contributed by atoms with E-state index in [1.54, 1.807) is 17.4 Å². The van der Waals surface area contributed by atoms with Crippen LogP contribution in [0.2, 0.25) is 0 Å². The molecule has 96 valence electrons. The number of ether oxygens (including phenoxy) is 1. The van der Waals surface area contributed by atoms with Crippen LogP contribution in [0.5, 0.6) is 11.5 Å².